The van der Waals surface area contributed by atoms with E-state index in [4.69, 9.17) is 46.0 Å². The van der Waals surface area contributed by atoms with Gasteiger partial charge in [-0.05, 0) is 76.9 Å². The number of nitrogens with zero attached hydrogens (tertiary/aromatic N) is 5. The molecule has 0 radical (unpaired) electrons. The van der Waals surface area contributed by atoms with Crippen molar-refractivity contribution in [3.05, 3.63) is 38.5 Å². The smallest absolute Gasteiger partial charge is 0.224 e. The summed E-state index contributed by atoms with van der Waals surface area (Å²) in [5.74, 6) is 4.37. The Balaban J connectivity index is 1.27. The molecule has 2 fully saturated rings. The first-order valence-corrected chi connectivity index (χ1v) is 16.5. The Bertz CT molecular complexity index is 1710. The minimum absolute atomic E-state index is 0.105. The van der Waals surface area contributed by atoms with Gasteiger partial charge in [0, 0.05) is 22.5 Å². The maximum Gasteiger partial charge on any atom is 0.224 e. The van der Waals surface area contributed by atoms with Crippen LogP contribution in [0.15, 0.2) is 4.52 Å². The van der Waals surface area contributed by atoms with Gasteiger partial charge in [-0.25, -0.2) is 4.98 Å². The molecule has 2 saturated heterocycles. The topological polar surface area (TPSA) is 133 Å². The van der Waals surface area contributed by atoms with Crippen molar-refractivity contribution in [2.45, 2.75) is 87.4 Å². The molecule has 0 saturated carbocycles. The first-order valence-electron chi connectivity index (χ1n) is 15.7. The number of nitrogens with two attached hydrogens (primary N) is 1. The molecule has 0 aromatic carbocycles. The largest absolute Gasteiger partial charge is 0.459 e. The highest BCUT2D eigenvalue weighted by Gasteiger charge is 2.49. The predicted octanol–water partition coefficient (Wildman–Crippen LogP) is 4.27. The van der Waals surface area contributed by atoms with Gasteiger partial charge in [0.1, 0.15) is 11.1 Å². The summed E-state index contributed by atoms with van der Waals surface area (Å²) in [7, 11) is 2.09. The molecule has 3 aromatic rings. The molecule has 10 nitrogen and oxygen atoms in total. The number of aromatic nitrogens is 3. The van der Waals surface area contributed by atoms with E-state index in [-0.39, 0.29) is 11.5 Å². The minimum Gasteiger partial charge on any atom is -0.459 e. The van der Waals surface area contributed by atoms with Crippen molar-refractivity contribution in [3.8, 4) is 35.9 Å². The van der Waals surface area contributed by atoms with Gasteiger partial charge in [-0.3, -0.25) is 4.90 Å². The van der Waals surface area contributed by atoms with Crippen LogP contribution < -0.4 is 10.5 Å². The number of thiophene rings is 1. The number of hydrogen-bond donors (Lipinski definition) is 1. The van der Waals surface area contributed by atoms with Gasteiger partial charge in [0.25, 0.3) is 0 Å². The number of likely N-dealkylation sites (tertiary alicyclic amines) is 1. The van der Waals surface area contributed by atoms with Gasteiger partial charge in [0.05, 0.1) is 53.8 Å². The predicted molar refractivity (Wildman–Crippen MR) is 163 cm³/mol. The van der Waals surface area contributed by atoms with Crippen LogP contribution in [-0.2, 0) is 39.8 Å². The average molecular weight is 613 g/mol. The molecule has 0 unspecified atom stereocenters. The lowest BCUT2D eigenvalue weighted by Gasteiger charge is -2.39. The Morgan fingerprint density at radius 3 is 2.70 bits per heavy atom. The zero-order valence-electron chi connectivity index (χ0n) is 25.0. The van der Waals surface area contributed by atoms with Crippen molar-refractivity contribution in [3.63, 3.8) is 0 Å². The van der Waals surface area contributed by atoms with Crippen LogP contribution in [0, 0.1) is 23.7 Å². The summed E-state index contributed by atoms with van der Waals surface area (Å²) in [4.78, 5) is 13.7. The number of hydrogen-bond acceptors (Lipinski definition) is 11. The quantitative estimate of drug-likeness (QED) is 0.426. The Morgan fingerprint density at radius 2 is 1.95 bits per heavy atom. The van der Waals surface area contributed by atoms with Crippen LogP contribution in [0.1, 0.15) is 83.5 Å². The summed E-state index contributed by atoms with van der Waals surface area (Å²) in [6.45, 7) is 3.03. The van der Waals surface area contributed by atoms with E-state index in [2.05, 4.69) is 23.9 Å². The number of anilines is 1. The van der Waals surface area contributed by atoms with E-state index in [9.17, 15) is 5.26 Å². The molecule has 0 bridgehead atoms. The fourth-order valence-electron chi connectivity index (χ4n) is 8.45. The van der Waals surface area contributed by atoms with Gasteiger partial charge in [-0.15, -0.1) is 17.8 Å². The second-order valence-electron chi connectivity index (χ2n) is 13.0. The molecule has 3 aliphatic heterocycles. The van der Waals surface area contributed by atoms with Gasteiger partial charge >= 0.3 is 0 Å². The maximum absolute atomic E-state index is 10.1. The van der Waals surface area contributed by atoms with Gasteiger partial charge in [-0.2, -0.15) is 10.2 Å². The van der Waals surface area contributed by atoms with Crippen LogP contribution in [0.3, 0.4) is 0 Å². The molecule has 2 N–H and O–H groups in total. The number of likely N-dealkylation sites (N-methyl/N-ethyl adjacent to an activating group) is 1. The lowest BCUT2D eigenvalue weighted by molar-refractivity contribution is 0.0370. The number of nitrogen functional groups attached to an aromatic ring is 1. The first kappa shape index (κ1) is 28.0. The molecule has 44 heavy (non-hydrogen) atoms. The molecule has 6 heterocycles. The molecule has 11 heteroatoms. The highest BCUT2D eigenvalue weighted by molar-refractivity contribution is 7.16. The fourth-order valence-corrected chi connectivity index (χ4v) is 9.61. The number of terminal acetylenes is 1. The fraction of sp³-hybridized carbons (Fsp3) is 0.576. The van der Waals surface area contributed by atoms with Gasteiger partial charge in [-0.1, -0.05) is 11.1 Å². The Morgan fingerprint density at radius 1 is 1.11 bits per heavy atom. The van der Waals surface area contributed by atoms with E-state index in [1.807, 2.05) is 0 Å². The maximum atomic E-state index is 10.1. The Kier molecular flexibility index (Phi) is 6.73. The highest BCUT2D eigenvalue weighted by Crippen LogP contribution is 2.55. The van der Waals surface area contributed by atoms with Crippen LogP contribution in [0.5, 0.6) is 5.88 Å². The molecule has 8 rings (SSSR count). The lowest BCUT2D eigenvalue weighted by atomic mass is 9.62. The zero-order chi connectivity index (χ0) is 30.1. The number of rotatable bonds is 4. The molecular weight excluding hydrogens is 576 g/mol. The standard InChI is InChI=1S/C33H36N6O4S/c1-3-23(22-8-6-13-39(22)2)42-31-21-16-41-18-32(12-14-40-17-32)27(21)36-30(37-31)26-19-7-4-10-33(28(19)38-43-26)11-5-9-24-25(33)20(15-34)29(35)44-24/h1,22-23H,4-14,16-18,35H2,2H3/t22-,23-,32+,33-/m0/s1. The van der Waals surface area contributed by atoms with Crippen molar-refractivity contribution in [2.24, 2.45) is 0 Å². The summed E-state index contributed by atoms with van der Waals surface area (Å²) in [6, 6.07) is 2.51. The van der Waals surface area contributed by atoms with E-state index < -0.39 is 11.5 Å². The minimum atomic E-state index is -0.465. The second-order valence-corrected chi connectivity index (χ2v) is 14.2. The van der Waals surface area contributed by atoms with Crippen LogP contribution in [-0.4, -0.2) is 65.6 Å². The molecular formula is C33H36N6O4S. The molecule has 2 spiro atoms. The van der Waals surface area contributed by atoms with Gasteiger partial charge in [0.15, 0.2) is 6.10 Å². The van der Waals surface area contributed by atoms with Crippen molar-refractivity contribution >= 4 is 16.3 Å². The molecule has 0 amide bonds. The second kappa shape index (κ2) is 10.6. The van der Waals surface area contributed by atoms with E-state index in [0.29, 0.717) is 54.5 Å². The summed E-state index contributed by atoms with van der Waals surface area (Å²) >= 11 is 1.55. The monoisotopic (exact) mass is 612 g/mol. The Labute approximate surface area is 260 Å². The highest BCUT2D eigenvalue weighted by atomic mass is 32.1. The van der Waals surface area contributed by atoms with Crippen molar-refractivity contribution < 1.29 is 18.7 Å². The SMILES string of the molecule is C#C[C@H](Oc1nc(-c2onc3c2CCC[C@@]32CCCc3sc(N)c(C#N)c32)nc2c1COC[C@]21CCOC1)[C@@H]1CCCN1C. The van der Waals surface area contributed by atoms with Crippen LogP contribution >= 0.6 is 11.3 Å². The van der Waals surface area contributed by atoms with E-state index in [1.54, 1.807) is 11.3 Å². The van der Waals surface area contributed by atoms with Crippen molar-refractivity contribution in [2.75, 3.05) is 39.1 Å². The molecule has 5 aliphatic rings. The van der Waals surface area contributed by atoms with E-state index in [0.717, 1.165) is 92.4 Å². The molecule has 4 atom stereocenters. The van der Waals surface area contributed by atoms with Crippen molar-refractivity contribution in [1.29, 1.82) is 5.26 Å². The Hall–Kier alpha value is -3.48. The van der Waals surface area contributed by atoms with E-state index >= 15 is 0 Å². The third-order valence-electron chi connectivity index (χ3n) is 10.6. The van der Waals surface area contributed by atoms with Gasteiger partial charge < -0.3 is 24.5 Å². The number of ether oxygens (including phenoxy) is 3. The normalized spacial score (nSPS) is 28.3. The summed E-state index contributed by atoms with van der Waals surface area (Å²) < 4.78 is 24.9. The molecule has 228 valence electrons. The average Bonchev–Trinajstić information content (AvgIpc) is 3.83. The molecule has 3 aromatic heterocycles. The number of nitriles is 1. The summed E-state index contributed by atoms with van der Waals surface area (Å²) in [5.41, 5.74) is 10.9. The van der Waals surface area contributed by atoms with Gasteiger partial charge in [0.2, 0.25) is 17.5 Å². The van der Waals surface area contributed by atoms with E-state index in [1.165, 1.54) is 4.88 Å². The van der Waals surface area contributed by atoms with Crippen LogP contribution in [0.4, 0.5) is 5.00 Å². The number of fused-ring (bicyclic) bond motifs is 6. The number of aryl methyl sites for hydroxylation is 1. The van der Waals surface area contributed by atoms with Crippen molar-refractivity contribution in [1.82, 2.24) is 20.0 Å². The summed E-state index contributed by atoms with van der Waals surface area (Å²) in [5, 5.41) is 15.4. The van der Waals surface area contributed by atoms with Crippen LogP contribution in [0.2, 0.25) is 0 Å². The third-order valence-corrected chi connectivity index (χ3v) is 11.7. The lowest BCUT2D eigenvalue weighted by Crippen LogP contribution is -2.41. The third kappa shape index (κ3) is 4.06. The zero-order valence-corrected chi connectivity index (χ0v) is 25.8. The summed E-state index contributed by atoms with van der Waals surface area (Å²) in [6.07, 6.45) is 13.9. The first-order chi connectivity index (χ1) is 21.5. The van der Waals surface area contributed by atoms with Crippen LogP contribution in [0.25, 0.3) is 11.6 Å². The molecule has 2 aliphatic carbocycles.